The summed E-state index contributed by atoms with van der Waals surface area (Å²) in [5, 5.41) is 1.17. The molecule has 0 amide bonds. The van der Waals surface area contributed by atoms with Crippen LogP contribution in [0, 0.1) is 0 Å². The second kappa shape index (κ2) is 7.28. The molecule has 0 saturated carbocycles. The molecule has 0 bridgehead atoms. The average molecular weight is 421 g/mol. The first-order valence-electron chi connectivity index (χ1n) is 9.94. The van der Waals surface area contributed by atoms with E-state index in [0.29, 0.717) is 22.0 Å². The third kappa shape index (κ3) is 3.53. The van der Waals surface area contributed by atoms with Crippen LogP contribution < -0.4 is 11.0 Å². The van der Waals surface area contributed by atoms with E-state index in [9.17, 15) is 9.59 Å². The fourth-order valence-electron chi connectivity index (χ4n) is 3.48. The van der Waals surface area contributed by atoms with Crippen molar-refractivity contribution in [1.82, 2.24) is 14.5 Å². The molecule has 0 aromatic carbocycles. The molecule has 31 heavy (non-hydrogen) atoms. The van der Waals surface area contributed by atoms with Crippen molar-refractivity contribution in [2.24, 2.45) is 7.05 Å². The maximum Gasteiger partial charge on any atom is 0.497 e. The Bertz CT molecular complexity index is 1220. The van der Waals surface area contributed by atoms with E-state index in [1.807, 2.05) is 27.7 Å². The zero-order chi connectivity index (χ0) is 22.6. The number of aromatic nitrogens is 3. The SMILES string of the molecule is COC(=O)c1ccc(-c2cc3c(=O)n(C)cc(B4OC(C)(C)C(C)(C)O4)c3cn2)cn1. The Hall–Kier alpha value is -3.04. The van der Waals surface area contributed by atoms with Crippen LogP contribution in [0.25, 0.3) is 22.0 Å². The molecule has 0 unspecified atom stereocenters. The molecule has 0 spiro atoms. The molecule has 1 aliphatic heterocycles. The number of hydrogen-bond acceptors (Lipinski definition) is 7. The zero-order valence-corrected chi connectivity index (χ0v) is 18.4. The standard InChI is InChI=1S/C22H24BN3O5/c1-21(2)22(3,4)31-23(30-21)16-12-26(5)19(27)14-9-18(25-11-15(14)16)13-7-8-17(24-10-13)20(28)29-6/h7-12H,1-6H3. The highest BCUT2D eigenvalue weighted by Gasteiger charge is 2.52. The van der Waals surface area contributed by atoms with Gasteiger partial charge in [-0.05, 0) is 45.9 Å². The average Bonchev–Trinajstić information content (AvgIpc) is 2.96. The third-order valence-electron chi connectivity index (χ3n) is 6.06. The summed E-state index contributed by atoms with van der Waals surface area (Å²) in [4.78, 5) is 33.1. The number of carbonyl (C=O) groups is 1. The molecule has 4 heterocycles. The van der Waals surface area contributed by atoms with E-state index in [-0.39, 0.29) is 11.3 Å². The highest BCUT2D eigenvalue weighted by Crippen LogP contribution is 2.37. The van der Waals surface area contributed by atoms with Gasteiger partial charge in [0, 0.05) is 42.1 Å². The molecule has 1 aliphatic rings. The lowest BCUT2D eigenvalue weighted by atomic mass is 9.77. The van der Waals surface area contributed by atoms with Crippen LogP contribution in [0.5, 0.6) is 0 Å². The van der Waals surface area contributed by atoms with Crippen LogP contribution in [0.4, 0.5) is 0 Å². The Morgan fingerprint density at radius 2 is 1.74 bits per heavy atom. The van der Waals surface area contributed by atoms with Crippen molar-refractivity contribution in [3.8, 4) is 11.3 Å². The van der Waals surface area contributed by atoms with E-state index in [0.717, 1.165) is 5.46 Å². The minimum absolute atomic E-state index is 0.155. The highest BCUT2D eigenvalue weighted by molar-refractivity contribution is 6.65. The Morgan fingerprint density at radius 3 is 2.32 bits per heavy atom. The number of ether oxygens (including phenoxy) is 1. The normalized spacial score (nSPS) is 17.2. The number of fused-ring (bicyclic) bond motifs is 1. The van der Waals surface area contributed by atoms with Gasteiger partial charge in [-0.3, -0.25) is 9.78 Å². The molecule has 4 rings (SSSR count). The Kier molecular flexibility index (Phi) is 4.98. The van der Waals surface area contributed by atoms with Gasteiger partial charge in [-0.2, -0.15) is 0 Å². The van der Waals surface area contributed by atoms with E-state index in [1.54, 1.807) is 37.6 Å². The van der Waals surface area contributed by atoms with Gasteiger partial charge in [0.25, 0.3) is 5.56 Å². The third-order valence-corrected chi connectivity index (χ3v) is 6.06. The fourth-order valence-corrected chi connectivity index (χ4v) is 3.48. The lowest BCUT2D eigenvalue weighted by Crippen LogP contribution is -2.41. The first-order chi connectivity index (χ1) is 14.5. The fraction of sp³-hybridized carbons (Fsp3) is 0.364. The molecular weight excluding hydrogens is 397 g/mol. The van der Waals surface area contributed by atoms with E-state index >= 15 is 0 Å². The predicted molar refractivity (Wildman–Crippen MR) is 117 cm³/mol. The van der Waals surface area contributed by atoms with Crippen LogP contribution in [-0.4, -0.2) is 45.9 Å². The minimum atomic E-state index is -0.618. The Morgan fingerprint density at radius 1 is 1.06 bits per heavy atom. The van der Waals surface area contributed by atoms with Gasteiger partial charge in [0.15, 0.2) is 0 Å². The highest BCUT2D eigenvalue weighted by atomic mass is 16.7. The van der Waals surface area contributed by atoms with Crippen LogP contribution in [0.2, 0.25) is 0 Å². The summed E-state index contributed by atoms with van der Waals surface area (Å²) < 4.78 is 18.6. The van der Waals surface area contributed by atoms with Gasteiger partial charge in [-0.15, -0.1) is 0 Å². The summed E-state index contributed by atoms with van der Waals surface area (Å²) in [5.74, 6) is -0.515. The van der Waals surface area contributed by atoms with Crippen LogP contribution in [-0.2, 0) is 21.1 Å². The molecule has 0 aliphatic carbocycles. The number of hydrogen-bond donors (Lipinski definition) is 0. The lowest BCUT2D eigenvalue weighted by molar-refractivity contribution is 0.00578. The van der Waals surface area contributed by atoms with Gasteiger partial charge in [-0.1, -0.05) is 0 Å². The summed E-state index contributed by atoms with van der Waals surface area (Å²) in [6.07, 6.45) is 4.92. The number of aryl methyl sites for hydroxylation is 1. The molecule has 3 aromatic rings. The molecule has 0 atom stereocenters. The van der Waals surface area contributed by atoms with Gasteiger partial charge in [0.05, 0.1) is 29.4 Å². The first-order valence-corrected chi connectivity index (χ1v) is 9.94. The Balaban J connectivity index is 1.80. The quantitative estimate of drug-likeness (QED) is 0.472. The number of esters is 1. The number of nitrogens with zero attached hydrogens (tertiary/aromatic N) is 3. The molecule has 0 N–H and O–H groups in total. The van der Waals surface area contributed by atoms with E-state index < -0.39 is 24.3 Å². The maximum absolute atomic E-state index is 12.9. The second-order valence-electron chi connectivity index (χ2n) is 8.63. The van der Waals surface area contributed by atoms with Crippen molar-refractivity contribution >= 4 is 29.3 Å². The summed E-state index contributed by atoms with van der Waals surface area (Å²) in [6, 6.07) is 5.00. The number of rotatable bonds is 3. The van der Waals surface area contributed by atoms with E-state index in [2.05, 4.69) is 14.7 Å². The van der Waals surface area contributed by atoms with Gasteiger partial charge >= 0.3 is 13.1 Å². The first kappa shape index (κ1) is 21.2. The lowest BCUT2D eigenvalue weighted by Gasteiger charge is -2.32. The second-order valence-corrected chi connectivity index (χ2v) is 8.63. The van der Waals surface area contributed by atoms with Crippen molar-refractivity contribution in [3.05, 3.63) is 52.8 Å². The summed E-state index contributed by atoms with van der Waals surface area (Å²) in [6.45, 7) is 7.94. The monoisotopic (exact) mass is 421 g/mol. The van der Waals surface area contributed by atoms with Crippen molar-refractivity contribution in [2.45, 2.75) is 38.9 Å². The van der Waals surface area contributed by atoms with Crippen molar-refractivity contribution in [1.29, 1.82) is 0 Å². The largest absolute Gasteiger partial charge is 0.497 e. The van der Waals surface area contributed by atoms with Crippen molar-refractivity contribution in [2.75, 3.05) is 7.11 Å². The molecule has 0 radical (unpaired) electrons. The topological polar surface area (TPSA) is 92.5 Å². The Labute approximate surface area is 180 Å². The van der Waals surface area contributed by atoms with Crippen molar-refractivity contribution in [3.63, 3.8) is 0 Å². The molecule has 8 nitrogen and oxygen atoms in total. The van der Waals surface area contributed by atoms with Crippen LogP contribution in [0.15, 0.2) is 41.6 Å². The van der Waals surface area contributed by atoms with Gasteiger partial charge < -0.3 is 18.6 Å². The minimum Gasteiger partial charge on any atom is -0.464 e. The molecule has 3 aromatic heterocycles. The van der Waals surface area contributed by atoms with Crippen LogP contribution in [0.3, 0.4) is 0 Å². The molecule has 1 fully saturated rings. The maximum atomic E-state index is 12.9. The number of pyridine rings is 3. The number of carbonyl (C=O) groups excluding carboxylic acids is 1. The summed E-state index contributed by atoms with van der Waals surface area (Å²) >= 11 is 0. The predicted octanol–water partition coefficient (Wildman–Crippen LogP) is 2.08. The number of methoxy groups -OCH3 is 1. The molecule has 9 heteroatoms. The smallest absolute Gasteiger partial charge is 0.464 e. The zero-order valence-electron chi connectivity index (χ0n) is 18.4. The van der Waals surface area contributed by atoms with E-state index in [1.165, 1.54) is 17.9 Å². The summed E-state index contributed by atoms with van der Waals surface area (Å²) in [5.41, 5.74) is 1.04. The molecule has 1 saturated heterocycles. The molecular formula is C22H24BN3O5. The summed E-state index contributed by atoms with van der Waals surface area (Å²) in [7, 11) is 2.38. The molecule has 160 valence electrons. The van der Waals surface area contributed by atoms with Gasteiger partial charge in [0.2, 0.25) is 0 Å². The van der Waals surface area contributed by atoms with Crippen LogP contribution in [0.1, 0.15) is 38.2 Å². The van der Waals surface area contributed by atoms with Crippen molar-refractivity contribution < 1.29 is 18.8 Å². The van der Waals surface area contributed by atoms with Crippen LogP contribution >= 0.6 is 0 Å². The van der Waals surface area contributed by atoms with Gasteiger partial charge in [-0.25, -0.2) is 9.78 Å². The van der Waals surface area contributed by atoms with Gasteiger partial charge in [0.1, 0.15) is 5.69 Å². The van der Waals surface area contributed by atoms with E-state index in [4.69, 9.17) is 9.31 Å².